The number of hydrogen-bond donors (Lipinski definition) is 2. The Morgan fingerprint density at radius 2 is 1.80 bits per heavy atom. The van der Waals surface area contributed by atoms with E-state index in [1.807, 2.05) is 12.1 Å². The number of carbonyl (C=O) groups excluding carboxylic acids is 1. The van der Waals surface area contributed by atoms with Crippen LogP contribution in [0.15, 0.2) is 48.7 Å². The highest BCUT2D eigenvalue weighted by atomic mass is 127. The molecule has 0 unspecified atom stereocenters. The standard InChI is InChI=1S/C16H10F3IN4O/c17-16(18,19)12-5-2-6-13(23-12)24-15(25)22-11-7-8-21-14-9(11)3-1-4-10(14)20/h1-8H,(H2,21,22,23,24,25). The van der Waals surface area contributed by atoms with Crippen LogP contribution in [0.4, 0.5) is 29.5 Å². The molecule has 0 fully saturated rings. The molecule has 0 radical (unpaired) electrons. The third kappa shape index (κ3) is 3.98. The number of halogens is 4. The van der Waals surface area contributed by atoms with E-state index in [9.17, 15) is 18.0 Å². The summed E-state index contributed by atoms with van der Waals surface area (Å²) in [5.74, 6) is -0.194. The van der Waals surface area contributed by atoms with E-state index in [2.05, 4.69) is 43.2 Å². The SMILES string of the molecule is O=C(Nc1cccc(C(F)(F)F)n1)Nc1ccnc2c(I)cccc12. The molecule has 0 spiro atoms. The van der Waals surface area contributed by atoms with Crippen molar-refractivity contribution in [3.63, 3.8) is 0 Å². The molecule has 9 heteroatoms. The van der Waals surface area contributed by atoms with E-state index in [1.165, 1.54) is 12.1 Å². The van der Waals surface area contributed by atoms with Crippen LogP contribution < -0.4 is 10.6 Å². The second kappa shape index (κ2) is 6.82. The van der Waals surface area contributed by atoms with Crippen LogP contribution >= 0.6 is 22.6 Å². The van der Waals surface area contributed by atoms with Crippen molar-refractivity contribution in [2.45, 2.75) is 6.18 Å². The number of nitrogens with one attached hydrogen (secondary N) is 2. The summed E-state index contributed by atoms with van der Waals surface area (Å²) in [6.07, 6.45) is -3.03. The van der Waals surface area contributed by atoms with Crippen molar-refractivity contribution in [1.29, 1.82) is 0 Å². The highest BCUT2D eigenvalue weighted by Crippen LogP contribution is 2.28. The monoisotopic (exact) mass is 458 g/mol. The van der Waals surface area contributed by atoms with Gasteiger partial charge in [0.2, 0.25) is 0 Å². The van der Waals surface area contributed by atoms with Crippen molar-refractivity contribution >= 4 is 51.0 Å². The van der Waals surface area contributed by atoms with Gasteiger partial charge in [-0.1, -0.05) is 18.2 Å². The summed E-state index contributed by atoms with van der Waals surface area (Å²) in [4.78, 5) is 19.8. The van der Waals surface area contributed by atoms with Crippen molar-refractivity contribution in [2.75, 3.05) is 10.6 Å². The van der Waals surface area contributed by atoms with Crippen molar-refractivity contribution in [3.8, 4) is 0 Å². The first-order valence-electron chi connectivity index (χ1n) is 7.00. The topological polar surface area (TPSA) is 66.9 Å². The van der Waals surface area contributed by atoms with Crippen molar-refractivity contribution in [2.24, 2.45) is 0 Å². The predicted molar refractivity (Wildman–Crippen MR) is 96.3 cm³/mol. The van der Waals surface area contributed by atoms with Gasteiger partial charge in [0, 0.05) is 15.2 Å². The van der Waals surface area contributed by atoms with Crippen LogP contribution in [-0.4, -0.2) is 16.0 Å². The molecule has 0 bridgehead atoms. The van der Waals surface area contributed by atoms with Gasteiger partial charge in [-0.25, -0.2) is 9.78 Å². The summed E-state index contributed by atoms with van der Waals surface area (Å²) in [5.41, 5.74) is 0.139. The van der Waals surface area contributed by atoms with Crippen LogP contribution in [-0.2, 0) is 6.18 Å². The number of pyridine rings is 2. The average molecular weight is 458 g/mol. The zero-order chi connectivity index (χ0) is 18.0. The number of rotatable bonds is 2. The quantitative estimate of drug-likeness (QED) is 0.538. The maximum atomic E-state index is 12.7. The van der Waals surface area contributed by atoms with E-state index in [1.54, 1.807) is 18.3 Å². The van der Waals surface area contributed by atoms with Gasteiger partial charge in [0.1, 0.15) is 11.5 Å². The molecule has 0 aliphatic rings. The summed E-state index contributed by atoms with van der Waals surface area (Å²) < 4.78 is 38.9. The minimum atomic E-state index is -4.58. The lowest BCUT2D eigenvalue weighted by atomic mass is 10.2. The van der Waals surface area contributed by atoms with Crippen LogP contribution in [0.2, 0.25) is 0 Å². The van der Waals surface area contributed by atoms with Crippen LogP contribution in [0.3, 0.4) is 0 Å². The van der Waals surface area contributed by atoms with Gasteiger partial charge in [0.25, 0.3) is 0 Å². The highest BCUT2D eigenvalue weighted by molar-refractivity contribution is 14.1. The van der Waals surface area contributed by atoms with Crippen LogP contribution in [0.1, 0.15) is 5.69 Å². The molecular weight excluding hydrogens is 448 g/mol. The number of carbonyl (C=O) groups is 1. The summed E-state index contributed by atoms with van der Waals surface area (Å²) >= 11 is 2.13. The molecule has 0 saturated carbocycles. The molecule has 128 valence electrons. The molecule has 25 heavy (non-hydrogen) atoms. The van der Waals surface area contributed by atoms with Crippen LogP contribution in [0.5, 0.6) is 0 Å². The second-order valence-corrected chi connectivity index (χ2v) is 6.14. The lowest BCUT2D eigenvalue weighted by molar-refractivity contribution is -0.141. The van der Waals surface area contributed by atoms with E-state index in [-0.39, 0.29) is 5.82 Å². The number of fused-ring (bicyclic) bond motifs is 1. The lowest BCUT2D eigenvalue weighted by Crippen LogP contribution is -2.21. The number of alkyl halides is 3. The Balaban J connectivity index is 1.81. The molecular formula is C16H10F3IN4O. The maximum Gasteiger partial charge on any atom is 0.433 e. The largest absolute Gasteiger partial charge is 0.433 e. The molecule has 3 aromatic rings. The average Bonchev–Trinajstić information content (AvgIpc) is 2.55. The number of amides is 2. The first kappa shape index (κ1) is 17.4. The fourth-order valence-corrected chi connectivity index (χ4v) is 2.82. The Morgan fingerprint density at radius 3 is 2.56 bits per heavy atom. The summed E-state index contributed by atoms with van der Waals surface area (Å²) in [6.45, 7) is 0. The molecule has 0 saturated heterocycles. The Kier molecular flexibility index (Phi) is 4.75. The smallest absolute Gasteiger partial charge is 0.307 e. The maximum absolute atomic E-state index is 12.7. The number of para-hydroxylation sites is 1. The molecule has 2 N–H and O–H groups in total. The molecule has 3 rings (SSSR count). The predicted octanol–water partition coefficient (Wildman–Crippen LogP) is 4.90. The van der Waals surface area contributed by atoms with Crippen molar-refractivity contribution in [3.05, 3.63) is 57.9 Å². The van der Waals surface area contributed by atoms with E-state index in [0.29, 0.717) is 5.69 Å². The number of urea groups is 1. The van der Waals surface area contributed by atoms with Gasteiger partial charge in [0.05, 0.1) is 11.2 Å². The second-order valence-electron chi connectivity index (χ2n) is 4.98. The van der Waals surface area contributed by atoms with Gasteiger partial charge < -0.3 is 5.32 Å². The van der Waals surface area contributed by atoms with Crippen molar-refractivity contribution in [1.82, 2.24) is 9.97 Å². The number of nitrogens with zero attached hydrogens (tertiary/aromatic N) is 2. The molecule has 2 amide bonds. The Bertz CT molecular complexity index is 946. The van der Waals surface area contributed by atoms with E-state index >= 15 is 0 Å². The van der Waals surface area contributed by atoms with Gasteiger partial charge in [0.15, 0.2) is 0 Å². The van der Waals surface area contributed by atoms with E-state index < -0.39 is 17.9 Å². The van der Waals surface area contributed by atoms with Crippen LogP contribution in [0, 0.1) is 3.57 Å². The van der Waals surface area contributed by atoms with E-state index in [0.717, 1.165) is 20.5 Å². The highest BCUT2D eigenvalue weighted by Gasteiger charge is 2.32. The summed E-state index contributed by atoms with van der Waals surface area (Å²) in [7, 11) is 0. The third-order valence-corrected chi connectivity index (χ3v) is 4.12. The first-order valence-corrected chi connectivity index (χ1v) is 8.08. The number of aromatic nitrogens is 2. The third-order valence-electron chi connectivity index (χ3n) is 3.25. The van der Waals surface area contributed by atoms with Gasteiger partial charge in [-0.2, -0.15) is 13.2 Å². The number of hydrogen-bond acceptors (Lipinski definition) is 3. The molecule has 0 atom stereocenters. The summed E-state index contributed by atoms with van der Waals surface area (Å²) in [5, 5.41) is 5.63. The molecule has 2 heterocycles. The molecule has 1 aromatic carbocycles. The molecule has 0 aliphatic carbocycles. The van der Waals surface area contributed by atoms with Crippen LogP contribution in [0.25, 0.3) is 10.9 Å². The fourth-order valence-electron chi connectivity index (χ4n) is 2.18. The fraction of sp³-hybridized carbons (Fsp3) is 0.0625. The van der Waals surface area contributed by atoms with Crippen molar-refractivity contribution < 1.29 is 18.0 Å². The molecule has 2 aromatic heterocycles. The molecule has 0 aliphatic heterocycles. The summed E-state index contributed by atoms with van der Waals surface area (Å²) in [6, 6.07) is 9.70. The van der Waals surface area contributed by atoms with Gasteiger partial charge in [-0.15, -0.1) is 0 Å². The Labute approximate surface area is 153 Å². The zero-order valence-corrected chi connectivity index (χ0v) is 14.6. The van der Waals surface area contributed by atoms with Gasteiger partial charge in [-0.05, 0) is 46.9 Å². The Morgan fingerprint density at radius 1 is 1.04 bits per heavy atom. The zero-order valence-electron chi connectivity index (χ0n) is 12.4. The lowest BCUT2D eigenvalue weighted by Gasteiger charge is -2.11. The van der Waals surface area contributed by atoms with Gasteiger partial charge >= 0.3 is 12.2 Å². The number of benzene rings is 1. The normalized spacial score (nSPS) is 11.4. The van der Waals surface area contributed by atoms with Gasteiger partial charge in [-0.3, -0.25) is 10.3 Å². The minimum absolute atomic E-state index is 0.194. The molecule has 5 nitrogen and oxygen atoms in total. The van der Waals surface area contributed by atoms with E-state index in [4.69, 9.17) is 0 Å². The Hall–Kier alpha value is -2.43. The minimum Gasteiger partial charge on any atom is -0.307 e. The first-order chi connectivity index (χ1) is 11.8. The number of anilines is 2.